The number of halogens is 1. The van der Waals surface area contributed by atoms with Gasteiger partial charge >= 0.3 is 0 Å². The molecule has 2 aromatic rings. The lowest BCUT2D eigenvalue weighted by atomic mass is 10.00. The minimum absolute atomic E-state index is 0.0419. The molecule has 3 N–H and O–H groups in total. The van der Waals surface area contributed by atoms with Gasteiger partial charge in [0.15, 0.2) is 0 Å². The van der Waals surface area contributed by atoms with Gasteiger partial charge in [-0.15, -0.1) is 0 Å². The number of amides is 1. The standard InChI is InChI=1S/C18H23ClN6O/c1-9-10(2)13(6-22-11(9)3)8-25-7-12(5-14(26)21-4)15-16(19)23-18(20)24-17(15)25/h6,12H,5,7-8H2,1-4H3,(H,21,26)(H2,20,23,24). The Morgan fingerprint density at radius 1 is 1.35 bits per heavy atom. The molecule has 0 bridgehead atoms. The van der Waals surface area contributed by atoms with Crippen LogP contribution in [0.1, 0.15) is 40.3 Å². The Bertz CT molecular complexity index is 869. The molecule has 1 aliphatic rings. The Morgan fingerprint density at radius 2 is 2.08 bits per heavy atom. The molecule has 0 saturated carbocycles. The number of hydrogen-bond acceptors (Lipinski definition) is 6. The lowest BCUT2D eigenvalue weighted by Gasteiger charge is -2.21. The molecule has 0 saturated heterocycles. The molecule has 8 heteroatoms. The van der Waals surface area contributed by atoms with Gasteiger partial charge in [0.25, 0.3) is 0 Å². The van der Waals surface area contributed by atoms with E-state index in [1.807, 2.05) is 13.1 Å². The summed E-state index contributed by atoms with van der Waals surface area (Å²) in [7, 11) is 1.63. The van der Waals surface area contributed by atoms with Crippen LogP contribution in [0.3, 0.4) is 0 Å². The van der Waals surface area contributed by atoms with E-state index in [4.69, 9.17) is 17.3 Å². The lowest BCUT2D eigenvalue weighted by molar-refractivity contribution is -0.120. The van der Waals surface area contributed by atoms with E-state index in [2.05, 4.69) is 39.0 Å². The Morgan fingerprint density at radius 3 is 2.77 bits per heavy atom. The van der Waals surface area contributed by atoms with E-state index in [1.54, 1.807) is 7.05 Å². The van der Waals surface area contributed by atoms with Gasteiger partial charge in [-0.25, -0.2) is 4.98 Å². The van der Waals surface area contributed by atoms with Crippen molar-refractivity contribution >= 4 is 29.3 Å². The van der Waals surface area contributed by atoms with E-state index in [1.165, 1.54) is 11.1 Å². The number of aryl methyl sites for hydroxylation is 1. The Balaban J connectivity index is 1.97. The monoisotopic (exact) mass is 374 g/mol. The van der Waals surface area contributed by atoms with Crippen LogP contribution in [0.4, 0.5) is 11.8 Å². The molecule has 7 nitrogen and oxygen atoms in total. The van der Waals surface area contributed by atoms with E-state index < -0.39 is 0 Å². The number of carbonyl (C=O) groups excluding carboxylic acids is 1. The van der Waals surface area contributed by atoms with Crippen LogP contribution in [0.2, 0.25) is 5.15 Å². The summed E-state index contributed by atoms with van der Waals surface area (Å²) >= 11 is 6.34. The number of rotatable bonds is 4. The van der Waals surface area contributed by atoms with Gasteiger partial charge < -0.3 is 16.0 Å². The third-order valence-corrected chi connectivity index (χ3v) is 5.41. The van der Waals surface area contributed by atoms with Crippen molar-refractivity contribution in [2.45, 2.75) is 39.7 Å². The molecule has 1 atom stereocenters. The molecule has 0 radical (unpaired) electrons. The first-order valence-electron chi connectivity index (χ1n) is 8.52. The summed E-state index contributed by atoms with van der Waals surface area (Å²) in [6.07, 6.45) is 2.23. The Kier molecular flexibility index (Phi) is 5.00. The van der Waals surface area contributed by atoms with Crippen molar-refractivity contribution in [2.75, 3.05) is 24.2 Å². The molecule has 26 heavy (non-hydrogen) atoms. The fraction of sp³-hybridized carbons (Fsp3) is 0.444. The molecule has 3 heterocycles. The predicted molar refractivity (Wildman–Crippen MR) is 102 cm³/mol. The molecular formula is C18H23ClN6O. The van der Waals surface area contributed by atoms with Gasteiger partial charge in [-0.2, -0.15) is 4.98 Å². The Labute approximate surface area is 158 Å². The van der Waals surface area contributed by atoms with E-state index in [9.17, 15) is 4.79 Å². The van der Waals surface area contributed by atoms with E-state index in [-0.39, 0.29) is 17.8 Å². The topological polar surface area (TPSA) is 97.0 Å². The van der Waals surface area contributed by atoms with Crippen LogP contribution in [0.25, 0.3) is 0 Å². The SMILES string of the molecule is CNC(=O)CC1CN(Cc2cnc(C)c(C)c2C)c2nc(N)nc(Cl)c21. The van der Waals surface area contributed by atoms with Crippen LogP contribution in [0, 0.1) is 20.8 Å². The molecule has 1 aliphatic heterocycles. The number of fused-ring (bicyclic) bond motifs is 1. The van der Waals surface area contributed by atoms with Crippen LogP contribution in [-0.2, 0) is 11.3 Å². The number of carbonyl (C=O) groups is 1. The maximum atomic E-state index is 11.9. The Hall–Kier alpha value is -2.41. The first-order valence-corrected chi connectivity index (χ1v) is 8.89. The summed E-state index contributed by atoms with van der Waals surface area (Å²) in [5.74, 6) is 0.723. The average Bonchev–Trinajstić information content (AvgIpc) is 2.92. The largest absolute Gasteiger partial charge is 0.368 e. The molecular weight excluding hydrogens is 352 g/mol. The molecule has 3 rings (SSSR count). The van der Waals surface area contributed by atoms with E-state index in [0.717, 1.165) is 16.8 Å². The van der Waals surface area contributed by atoms with E-state index in [0.29, 0.717) is 30.5 Å². The number of hydrogen-bond donors (Lipinski definition) is 2. The number of nitrogens with one attached hydrogen (secondary N) is 1. The first kappa shape index (κ1) is 18.4. The smallest absolute Gasteiger partial charge is 0.223 e. The second-order valence-electron chi connectivity index (χ2n) is 6.68. The minimum atomic E-state index is -0.0714. The highest BCUT2D eigenvalue weighted by Crippen LogP contribution is 2.41. The maximum Gasteiger partial charge on any atom is 0.223 e. The highest BCUT2D eigenvalue weighted by molar-refractivity contribution is 6.30. The summed E-state index contributed by atoms with van der Waals surface area (Å²) in [5, 5.41) is 2.98. The van der Waals surface area contributed by atoms with Gasteiger partial charge in [-0.3, -0.25) is 9.78 Å². The lowest BCUT2D eigenvalue weighted by Crippen LogP contribution is -2.26. The zero-order chi connectivity index (χ0) is 19.0. The number of nitrogen functional groups attached to an aromatic ring is 1. The zero-order valence-electron chi connectivity index (χ0n) is 15.4. The van der Waals surface area contributed by atoms with Crippen molar-refractivity contribution in [3.8, 4) is 0 Å². The molecule has 0 aromatic carbocycles. The molecule has 138 valence electrons. The van der Waals surface area contributed by atoms with Gasteiger partial charge in [0, 0.05) is 49.9 Å². The van der Waals surface area contributed by atoms with Gasteiger partial charge in [-0.1, -0.05) is 11.6 Å². The molecule has 2 aromatic heterocycles. The van der Waals surface area contributed by atoms with Crippen LogP contribution < -0.4 is 16.0 Å². The molecule has 1 unspecified atom stereocenters. The van der Waals surface area contributed by atoms with Gasteiger partial charge in [0.2, 0.25) is 11.9 Å². The van der Waals surface area contributed by atoms with Crippen LogP contribution in [-0.4, -0.2) is 34.5 Å². The third kappa shape index (κ3) is 3.31. The van der Waals surface area contributed by atoms with Crippen LogP contribution >= 0.6 is 11.6 Å². The number of nitrogens with two attached hydrogens (primary N) is 1. The molecule has 0 spiro atoms. The molecule has 0 fully saturated rings. The number of pyridine rings is 1. The van der Waals surface area contributed by atoms with Crippen molar-refractivity contribution in [3.63, 3.8) is 0 Å². The van der Waals surface area contributed by atoms with Crippen LogP contribution in [0.5, 0.6) is 0 Å². The van der Waals surface area contributed by atoms with Gasteiger partial charge in [-0.05, 0) is 37.5 Å². The first-order chi connectivity index (χ1) is 12.3. The normalized spacial score (nSPS) is 15.9. The maximum absolute atomic E-state index is 11.9. The number of nitrogens with zero attached hydrogens (tertiary/aromatic N) is 4. The molecule has 0 aliphatic carbocycles. The summed E-state index contributed by atoms with van der Waals surface area (Å²) in [6.45, 7) is 7.44. The number of anilines is 2. The average molecular weight is 375 g/mol. The second-order valence-corrected chi connectivity index (χ2v) is 7.04. The highest BCUT2D eigenvalue weighted by Gasteiger charge is 2.35. The summed E-state index contributed by atoms with van der Waals surface area (Å²) < 4.78 is 0. The zero-order valence-corrected chi connectivity index (χ0v) is 16.2. The van der Waals surface area contributed by atoms with Crippen molar-refractivity contribution in [1.82, 2.24) is 20.3 Å². The third-order valence-electron chi connectivity index (χ3n) is 5.12. The fourth-order valence-corrected chi connectivity index (χ4v) is 3.69. The van der Waals surface area contributed by atoms with E-state index >= 15 is 0 Å². The summed E-state index contributed by atoms with van der Waals surface area (Å²) in [5.41, 5.74) is 11.1. The van der Waals surface area contributed by atoms with Crippen molar-refractivity contribution in [2.24, 2.45) is 0 Å². The van der Waals surface area contributed by atoms with Gasteiger partial charge in [0.05, 0.1) is 0 Å². The quantitative estimate of drug-likeness (QED) is 0.797. The summed E-state index contributed by atoms with van der Waals surface area (Å²) in [4.78, 5) is 27.0. The van der Waals surface area contributed by atoms with Crippen molar-refractivity contribution < 1.29 is 4.79 Å². The minimum Gasteiger partial charge on any atom is -0.368 e. The molecule has 1 amide bonds. The van der Waals surface area contributed by atoms with Crippen molar-refractivity contribution in [3.05, 3.63) is 39.3 Å². The van der Waals surface area contributed by atoms with Crippen LogP contribution in [0.15, 0.2) is 6.20 Å². The predicted octanol–water partition coefficient (Wildman–Crippen LogP) is 2.27. The highest BCUT2D eigenvalue weighted by atomic mass is 35.5. The fourth-order valence-electron chi connectivity index (χ4n) is 3.36. The van der Waals surface area contributed by atoms with Crippen molar-refractivity contribution in [1.29, 1.82) is 0 Å². The van der Waals surface area contributed by atoms with Gasteiger partial charge in [0.1, 0.15) is 11.0 Å². The summed E-state index contributed by atoms with van der Waals surface area (Å²) in [6, 6.07) is 0. The second kappa shape index (κ2) is 7.07. The number of aromatic nitrogens is 3.